The van der Waals surface area contributed by atoms with Crippen LogP contribution in [0.2, 0.25) is 0 Å². The highest BCUT2D eigenvalue weighted by atomic mass is 32.1. The molecule has 5 nitrogen and oxygen atoms in total. The number of thiazole rings is 1. The summed E-state index contributed by atoms with van der Waals surface area (Å²) in [6.45, 7) is 0. The average Bonchev–Trinajstić information content (AvgIpc) is 2.95. The first-order chi connectivity index (χ1) is 11.0. The van der Waals surface area contributed by atoms with E-state index < -0.39 is 0 Å². The Labute approximate surface area is 137 Å². The minimum absolute atomic E-state index is 0.106. The molecule has 0 saturated heterocycles. The van der Waals surface area contributed by atoms with Crippen LogP contribution in [0, 0.1) is 10.1 Å². The summed E-state index contributed by atoms with van der Waals surface area (Å²) >= 11 is 1.33. The van der Waals surface area contributed by atoms with E-state index in [1.165, 1.54) is 17.4 Å². The summed E-state index contributed by atoms with van der Waals surface area (Å²) in [4.78, 5) is 17.2. The molecule has 0 fully saturated rings. The van der Waals surface area contributed by atoms with Crippen LogP contribution in [0.4, 0.5) is 11.4 Å². The van der Waals surface area contributed by atoms with Crippen molar-refractivity contribution in [2.45, 2.75) is 0 Å². The monoisotopic (exact) mass is 325 g/mol. The molecule has 0 spiro atoms. The van der Waals surface area contributed by atoms with Gasteiger partial charge in [-0.05, 0) is 29.8 Å². The number of benzene rings is 2. The van der Waals surface area contributed by atoms with Crippen LogP contribution >= 0.6 is 11.3 Å². The summed E-state index contributed by atoms with van der Waals surface area (Å²) in [5, 5.41) is 11.8. The smallest absolute Gasteiger partial charge is 0.288 e. The van der Waals surface area contributed by atoms with Crippen molar-refractivity contribution < 1.29 is 4.92 Å². The Morgan fingerprint density at radius 3 is 2.52 bits per heavy atom. The number of nitro benzene ring substituents is 1. The number of fused-ring (bicyclic) bond motifs is 1. The highest BCUT2D eigenvalue weighted by Crippen LogP contribution is 2.31. The molecule has 116 valence electrons. The molecule has 0 atom stereocenters. The SMILES string of the molecule is CN(C)c1ccc(C=Cc2nc3cccc([N+](=O)[O-])c3s2)cc1. The summed E-state index contributed by atoms with van der Waals surface area (Å²) in [6, 6.07) is 13.1. The first-order valence-electron chi connectivity index (χ1n) is 7.04. The third-order valence-electron chi connectivity index (χ3n) is 3.44. The minimum atomic E-state index is -0.367. The van der Waals surface area contributed by atoms with Gasteiger partial charge in [-0.25, -0.2) is 4.98 Å². The lowest BCUT2D eigenvalue weighted by Crippen LogP contribution is -2.07. The molecule has 1 heterocycles. The third kappa shape index (κ3) is 3.22. The predicted molar refractivity (Wildman–Crippen MR) is 96.0 cm³/mol. The van der Waals surface area contributed by atoms with Crippen molar-refractivity contribution in [3.8, 4) is 0 Å². The fraction of sp³-hybridized carbons (Fsp3) is 0.118. The van der Waals surface area contributed by atoms with Gasteiger partial charge in [0, 0.05) is 25.8 Å². The Morgan fingerprint density at radius 2 is 1.87 bits per heavy atom. The number of hydrogen-bond acceptors (Lipinski definition) is 5. The molecule has 0 N–H and O–H groups in total. The highest BCUT2D eigenvalue weighted by molar-refractivity contribution is 7.19. The summed E-state index contributed by atoms with van der Waals surface area (Å²) in [6.07, 6.45) is 3.85. The summed E-state index contributed by atoms with van der Waals surface area (Å²) in [5.41, 5.74) is 2.96. The van der Waals surface area contributed by atoms with Crippen molar-refractivity contribution >= 4 is 45.1 Å². The Hall–Kier alpha value is -2.73. The van der Waals surface area contributed by atoms with Gasteiger partial charge in [-0.2, -0.15) is 0 Å². The van der Waals surface area contributed by atoms with Crippen LogP contribution in [0.1, 0.15) is 10.6 Å². The van der Waals surface area contributed by atoms with Crippen molar-refractivity contribution in [2.24, 2.45) is 0 Å². The molecule has 0 saturated carbocycles. The van der Waals surface area contributed by atoms with Gasteiger partial charge in [0.05, 0.1) is 10.4 Å². The maximum atomic E-state index is 11.1. The van der Waals surface area contributed by atoms with E-state index in [4.69, 9.17) is 0 Å². The molecule has 23 heavy (non-hydrogen) atoms. The first kappa shape index (κ1) is 15.2. The Morgan fingerprint density at radius 1 is 1.13 bits per heavy atom. The lowest BCUT2D eigenvalue weighted by molar-refractivity contribution is -0.382. The fourth-order valence-corrected chi connectivity index (χ4v) is 3.17. The lowest BCUT2D eigenvalue weighted by atomic mass is 10.2. The van der Waals surface area contributed by atoms with Gasteiger partial charge in [0.2, 0.25) is 0 Å². The third-order valence-corrected chi connectivity index (χ3v) is 4.49. The number of aromatic nitrogens is 1. The molecule has 0 aliphatic carbocycles. The van der Waals surface area contributed by atoms with Gasteiger partial charge in [-0.15, -0.1) is 11.3 Å². The number of rotatable bonds is 4. The Balaban J connectivity index is 1.89. The minimum Gasteiger partial charge on any atom is -0.378 e. The van der Waals surface area contributed by atoms with Gasteiger partial charge in [-0.3, -0.25) is 10.1 Å². The van der Waals surface area contributed by atoms with Crippen LogP contribution in [0.25, 0.3) is 22.4 Å². The lowest BCUT2D eigenvalue weighted by Gasteiger charge is -2.11. The second-order valence-electron chi connectivity index (χ2n) is 5.25. The summed E-state index contributed by atoms with van der Waals surface area (Å²) in [7, 11) is 4.00. The van der Waals surface area contributed by atoms with E-state index in [9.17, 15) is 10.1 Å². The van der Waals surface area contributed by atoms with Crippen LogP contribution in [-0.2, 0) is 0 Å². The van der Waals surface area contributed by atoms with Crippen molar-refractivity contribution in [3.05, 3.63) is 63.1 Å². The molecule has 6 heteroatoms. The van der Waals surface area contributed by atoms with E-state index in [1.807, 2.05) is 55.4 Å². The van der Waals surface area contributed by atoms with E-state index in [-0.39, 0.29) is 10.6 Å². The standard InChI is InChI=1S/C17H15N3O2S/c1-19(2)13-9-6-12(7-10-13)8-11-16-18-14-4-3-5-15(20(21)22)17(14)23-16/h3-11H,1-2H3. The molecule has 3 aromatic rings. The Kier molecular flexibility index (Phi) is 4.08. The van der Waals surface area contributed by atoms with E-state index in [2.05, 4.69) is 4.98 Å². The van der Waals surface area contributed by atoms with Crippen molar-refractivity contribution in [2.75, 3.05) is 19.0 Å². The zero-order valence-electron chi connectivity index (χ0n) is 12.8. The molecule has 2 aromatic carbocycles. The van der Waals surface area contributed by atoms with Crippen molar-refractivity contribution in [1.82, 2.24) is 4.98 Å². The molecule has 1 aromatic heterocycles. The fourth-order valence-electron chi connectivity index (χ4n) is 2.22. The van der Waals surface area contributed by atoms with Crippen LogP contribution in [-0.4, -0.2) is 24.0 Å². The zero-order chi connectivity index (χ0) is 16.4. The number of nitrogens with zero attached hydrogens (tertiary/aromatic N) is 3. The molecule has 3 rings (SSSR count). The molecular weight excluding hydrogens is 310 g/mol. The molecular formula is C17H15N3O2S. The van der Waals surface area contributed by atoms with E-state index >= 15 is 0 Å². The normalized spacial score (nSPS) is 11.2. The Bertz CT molecular complexity index is 882. The van der Waals surface area contributed by atoms with Crippen molar-refractivity contribution in [1.29, 1.82) is 0 Å². The van der Waals surface area contributed by atoms with Gasteiger partial charge >= 0.3 is 0 Å². The van der Waals surface area contributed by atoms with Gasteiger partial charge in [0.1, 0.15) is 9.71 Å². The topological polar surface area (TPSA) is 59.3 Å². The highest BCUT2D eigenvalue weighted by Gasteiger charge is 2.14. The number of anilines is 1. The second-order valence-corrected chi connectivity index (χ2v) is 6.28. The molecule has 0 radical (unpaired) electrons. The van der Waals surface area contributed by atoms with Crippen molar-refractivity contribution in [3.63, 3.8) is 0 Å². The maximum Gasteiger partial charge on any atom is 0.288 e. The average molecular weight is 325 g/mol. The summed E-state index contributed by atoms with van der Waals surface area (Å²) in [5.74, 6) is 0. The van der Waals surface area contributed by atoms with Crippen LogP contribution in [0.15, 0.2) is 42.5 Å². The number of non-ortho nitro benzene ring substituents is 1. The second kappa shape index (κ2) is 6.18. The van der Waals surface area contributed by atoms with Crippen LogP contribution in [0.3, 0.4) is 0 Å². The molecule has 0 amide bonds. The molecule has 0 bridgehead atoms. The van der Waals surface area contributed by atoms with Gasteiger partial charge in [0.15, 0.2) is 0 Å². The molecule has 0 aliphatic rings. The number of nitro groups is 1. The predicted octanol–water partition coefficient (Wildman–Crippen LogP) is 4.44. The zero-order valence-corrected chi connectivity index (χ0v) is 13.6. The molecule has 0 unspecified atom stereocenters. The van der Waals surface area contributed by atoms with Crippen LogP contribution in [0.5, 0.6) is 0 Å². The largest absolute Gasteiger partial charge is 0.378 e. The quantitative estimate of drug-likeness (QED) is 0.525. The van der Waals surface area contributed by atoms with Gasteiger partial charge in [0.25, 0.3) is 5.69 Å². The van der Waals surface area contributed by atoms with E-state index in [1.54, 1.807) is 12.1 Å². The van der Waals surface area contributed by atoms with E-state index in [0.717, 1.165) is 16.3 Å². The maximum absolute atomic E-state index is 11.1. The van der Waals surface area contributed by atoms with E-state index in [0.29, 0.717) is 10.2 Å². The van der Waals surface area contributed by atoms with Crippen LogP contribution < -0.4 is 4.90 Å². The van der Waals surface area contributed by atoms with Gasteiger partial charge < -0.3 is 4.90 Å². The summed E-state index contributed by atoms with van der Waals surface area (Å²) < 4.78 is 0.611. The van der Waals surface area contributed by atoms with Gasteiger partial charge in [-0.1, -0.05) is 24.3 Å². The molecule has 0 aliphatic heterocycles. The first-order valence-corrected chi connectivity index (χ1v) is 7.85. The number of hydrogen-bond donors (Lipinski definition) is 0.